The maximum atomic E-state index is 12.8. The molecule has 0 bridgehead atoms. The van der Waals surface area contributed by atoms with Gasteiger partial charge in [0.1, 0.15) is 0 Å². The van der Waals surface area contributed by atoms with Gasteiger partial charge >= 0.3 is 0 Å². The Kier molecular flexibility index (Phi) is 5.64. The lowest BCUT2D eigenvalue weighted by atomic mass is 9.80. The van der Waals surface area contributed by atoms with Crippen LogP contribution in [-0.4, -0.2) is 85.4 Å². The lowest BCUT2D eigenvalue weighted by Crippen LogP contribution is -2.55. The molecule has 6 heteroatoms. The third-order valence-electron chi connectivity index (χ3n) is 6.82. The lowest BCUT2D eigenvalue weighted by molar-refractivity contribution is -0.135. The number of nitrogens with zero attached hydrogens (tertiary/aromatic N) is 3. The molecule has 0 aromatic heterocycles. The van der Waals surface area contributed by atoms with Gasteiger partial charge in [0.2, 0.25) is 5.91 Å². The molecule has 2 amide bonds. The van der Waals surface area contributed by atoms with Gasteiger partial charge in [-0.1, -0.05) is 24.6 Å². The summed E-state index contributed by atoms with van der Waals surface area (Å²) in [6, 6.07) is 0.780. The molecule has 27 heavy (non-hydrogen) atoms. The monoisotopic (exact) mass is 372 g/mol. The first-order valence-corrected chi connectivity index (χ1v) is 10.5. The molecule has 1 N–H and O–H groups in total. The van der Waals surface area contributed by atoms with E-state index in [4.69, 9.17) is 0 Å². The molecular weight excluding hydrogens is 340 g/mol. The van der Waals surface area contributed by atoms with Crippen molar-refractivity contribution >= 4 is 11.8 Å². The van der Waals surface area contributed by atoms with Crippen LogP contribution in [-0.2, 0) is 9.59 Å². The van der Waals surface area contributed by atoms with Gasteiger partial charge in [0, 0.05) is 51.4 Å². The number of likely N-dealkylation sites (N-methyl/N-ethyl adjacent to an activating group) is 1. The summed E-state index contributed by atoms with van der Waals surface area (Å²) >= 11 is 0. The zero-order valence-electron chi connectivity index (χ0n) is 16.4. The number of carbonyl (C=O) groups is 2. The molecule has 4 aliphatic rings. The van der Waals surface area contributed by atoms with Gasteiger partial charge < -0.3 is 10.2 Å². The third kappa shape index (κ3) is 4.11. The molecule has 2 saturated heterocycles. The summed E-state index contributed by atoms with van der Waals surface area (Å²) in [7, 11) is 1.67. The predicted molar refractivity (Wildman–Crippen MR) is 105 cm³/mol. The van der Waals surface area contributed by atoms with Crippen LogP contribution in [0.4, 0.5) is 0 Å². The Morgan fingerprint density at radius 3 is 2.52 bits per heavy atom. The van der Waals surface area contributed by atoms with Crippen LogP contribution in [0.15, 0.2) is 23.8 Å². The van der Waals surface area contributed by atoms with Gasteiger partial charge in [-0.05, 0) is 37.6 Å². The van der Waals surface area contributed by atoms with Gasteiger partial charge in [0.05, 0.1) is 6.54 Å². The second kappa shape index (κ2) is 8.15. The van der Waals surface area contributed by atoms with Gasteiger partial charge in [-0.3, -0.25) is 19.4 Å². The van der Waals surface area contributed by atoms with Crippen molar-refractivity contribution in [2.75, 3.05) is 52.9 Å². The van der Waals surface area contributed by atoms with Crippen molar-refractivity contribution in [3.05, 3.63) is 23.8 Å². The molecule has 2 aliphatic carbocycles. The van der Waals surface area contributed by atoms with Crippen LogP contribution in [0.3, 0.4) is 0 Å². The number of amides is 2. The summed E-state index contributed by atoms with van der Waals surface area (Å²) in [6.45, 7) is 6.15. The fourth-order valence-corrected chi connectivity index (χ4v) is 4.82. The molecule has 4 rings (SSSR count). The second-order valence-corrected chi connectivity index (χ2v) is 8.41. The highest BCUT2D eigenvalue weighted by atomic mass is 16.2. The van der Waals surface area contributed by atoms with E-state index in [0.717, 1.165) is 57.3 Å². The molecule has 3 fully saturated rings. The first-order chi connectivity index (χ1) is 13.1. The number of carbonyl (C=O) groups excluding carboxylic acids is 2. The SMILES string of the molecule is CNC(=O)C1=CC2CN(CC(=O)N3CCN(C4CCC4)CC3)CCC2C=C1. The minimum absolute atomic E-state index is 0.0257. The molecule has 0 aromatic rings. The van der Waals surface area contributed by atoms with Crippen molar-refractivity contribution in [2.45, 2.75) is 31.7 Å². The molecule has 2 aliphatic heterocycles. The van der Waals surface area contributed by atoms with Crippen molar-refractivity contribution in [1.29, 1.82) is 0 Å². The van der Waals surface area contributed by atoms with Crippen LogP contribution in [0.5, 0.6) is 0 Å². The molecule has 148 valence electrons. The first kappa shape index (κ1) is 18.7. The number of piperidine rings is 1. The molecular formula is C21H32N4O2. The zero-order chi connectivity index (χ0) is 18.8. The Morgan fingerprint density at radius 1 is 1.07 bits per heavy atom. The van der Waals surface area contributed by atoms with Crippen molar-refractivity contribution in [2.24, 2.45) is 11.8 Å². The van der Waals surface area contributed by atoms with E-state index < -0.39 is 0 Å². The van der Waals surface area contributed by atoms with Crippen LogP contribution in [0.25, 0.3) is 0 Å². The second-order valence-electron chi connectivity index (χ2n) is 8.41. The van der Waals surface area contributed by atoms with Crippen molar-refractivity contribution in [3.63, 3.8) is 0 Å². The fraction of sp³-hybridized carbons (Fsp3) is 0.714. The molecule has 0 radical (unpaired) electrons. The summed E-state index contributed by atoms with van der Waals surface area (Å²) in [5.41, 5.74) is 0.749. The molecule has 2 heterocycles. The number of piperazine rings is 1. The van der Waals surface area contributed by atoms with Crippen molar-refractivity contribution < 1.29 is 9.59 Å². The van der Waals surface area contributed by atoms with E-state index in [1.54, 1.807) is 7.05 Å². The average molecular weight is 373 g/mol. The summed E-state index contributed by atoms with van der Waals surface area (Å²) in [5, 5.41) is 2.70. The number of nitrogens with one attached hydrogen (secondary N) is 1. The van der Waals surface area contributed by atoms with E-state index in [-0.39, 0.29) is 11.8 Å². The quantitative estimate of drug-likeness (QED) is 0.795. The molecule has 2 atom stereocenters. The molecule has 0 spiro atoms. The van der Waals surface area contributed by atoms with Crippen molar-refractivity contribution in [1.82, 2.24) is 20.0 Å². The van der Waals surface area contributed by atoms with Crippen LogP contribution < -0.4 is 5.32 Å². The van der Waals surface area contributed by atoms with Gasteiger partial charge in [0.25, 0.3) is 5.91 Å². The Bertz CT molecular complexity index is 632. The summed E-state index contributed by atoms with van der Waals surface area (Å²) in [4.78, 5) is 31.6. The van der Waals surface area contributed by atoms with Crippen LogP contribution in [0.2, 0.25) is 0 Å². The van der Waals surface area contributed by atoms with Gasteiger partial charge in [-0.2, -0.15) is 0 Å². The lowest BCUT2D eigenvalue weighted by Gasteiger charge is -2.43. The van der Waals surface area contributed by atoms with E-state index in [9.17, 15) is 9.59 Å². The van der Waals surface area contributed by atoms with Gasteiger partial charge in [-0.15, -0.1) is 0 Å². The Labute approximate surface area is 162 Å². The summed E-state index contributed by atoms with van der Waals surface area (Å²) in [6.07, 6.45) is 11.3. The Morgan fingerprint density at radius 2 is 1.85 bits per heavy atom. The zero-order valence-corrected chi connectivity index (χ0v) is 16.4. The Balaban J connectivity index is 1.27. The molecule has 6 nitrogen and oxygen atoms in total. The average Bonchev–Trinajstić information content (AvgIpc) is 2.66. The van der Waals surface area contributed by atoms with E-state index >= 15 is 0 Å². The highest BCUT2D eigenvalue weighted by Gasteiger charge is 2.32. The van der Waals surface area contributed by atoms with Crippen molar-refractivity contribution in [3.8, 4) is 0 Å². The Hall–Kier alpha value is -1.66. The highest BCUT2D eigenvalue weighted by Crippen LogP contribution is 2.31. The highest BCUT2D eigenvalue weighted by molar-refractivity contribution is 5.96. The number of likely N-dealkylation sites (tertiary alicyclic amines) is 1. The van der Waals surface area contributed by atoms with Crippen LogP contribution >= 0.6 is 0 Å². The van der Waals surface area contributed by atoms with E-state index in [1.807, 2.05) is 11.0 Å². The number of hydrogen-bond donors (Lipinski definition) is 1. The van der Waals surface area contributed by atoms with Crippen LogP contribution in [0, 0.1) is 11.8 Å². The topological polar surface area (TPSA) is 55.9 Å². The predicted octanol–water partition coefficient (Wildman–Crippen LogP) is 0.863. The first-order valence-electron chi connectivity index (χ1n) is 10.5. The normalized spacial score (nSPS) is 29.7. The smallest absolute Gasteiger partial charge is 0.250 e. The number of allylic oxidation sites excluding steroid dienone is 1. The fourth-order valence-electron chi connectivity index (χ4n) is 4.82. The van der Waals surface area contributed by atoms with Gasteiger partial charge in [0.15, 0.2) is 0 Å². The van der Waals surface area contributed by atoms with Crippen LogP contribution in [0.1, 0.15) is 25.7 Å². The minimum atomic E-state index is -0.0257. The number of rotatable bonds is 4. The molecule has 2 unspecified atom stereocenters. The van der Waals surface area contributed by atoms with E-state index in [1.165, 1.54) is 19.3 Å². The standard InChI is InChI=1S/C21H32N4O2/c1-22-21(27)17-6-5-16-7-8-23(14-18(16)13-17)15-20(26)25-11-9-24(10-12-25)19-3-2-4-19/h5-6,13,16,18-19H,2-4,7-12,14-15H2,1H3,(H,22,27). The largest absolute Gasteiger partial charge is 0.355 e. The van der Waals surface area contributed by atoms with E-state index in [0.29, 0.717) is 18.4 Å². The molecule has 1 saturated carbocycles. The minimum Gasteiger partial charge on any atom is -0.355 e. The van der Waals surface area contributed by atoms with Gasteiger partial charge in [-0.25, -0.2) is 0 Å². The third-order valence-corrected chi connectivity index (χ3v) is 6.82. The number of hydrogen-bond acceptors (Lipinski definition) is 4. The molecule has 0 aromatic carbocycles. The summed E-state index contributed by atoms with van der Waals surface area (Å²) < 4.78 is 0. The maximum absolute atomic E-state index is 12.8. The summed E-state index contributed by atoms with van der Waals surface area (Å²) in [5.74, 6) is 1.07. The maximum Gasteiger partial charge on any atom is 0.250 e. The van der Waals surface area contributed by atoms with E-state index in [2.05, 4.69) is 27.3 Å². The number of fused-ring (bicyclic) bond motifs is 1.